The lowest BCUT2D eigenvalue weighted by atomic mass is 10.1. The molecule has 0 aliphatic heterocycles. The van der Waals surface area contributed by atoms with Crippen molar-refractivity contribution >= 4 is 35.1 Å². The number of hydrogen-bond donors (Lipinski definition) is 0. The lowest BCUT2D eigenvalue weighted by Crippen LogP contribution is -2.03. The molecule has 0 radical (unpaired) electrons. The Labute approximate surface area is 99.1 Å². The Hall–Kier alpha value is -0.990. The van der Waals surface area contributed by atoms with Crippen LogP contribution in [0.3, 0.4) is 0 Å². The van der Waals surface area contributed by atoms with Gasteiger partial charge in [-0.2, -0.15) is 0 Å². The number of carbonyl (C=O) groups excluding carboxylic acids is 1. The van der Waals surface area contributed by atoms with Gasteiger partial charge in [-0.3, -0.25) is 4.79 Å². The molecule has 0 aliphatic carbocycles. The molecule has 0 saturated carbocycles. The summed E-state index contributed by atoms with van der Waals surface area (Å²) in [5, 5.41) is 0.927. The summed E-state index contributed by atoms with van der Waals surface area (Å²) < 4.78 is 0. The van der Waals surface area contributed by atoms with Crippen molar-refractivity contribution in [1.29, 1.82) is 0 Å². The standard InChI is InChI=1S/C11H11Cl2NO/c1-14(2)6-9(7-15)8-3-4-10(12)11(13)5-8/h3-7H,1-2H3. The molecule has 0 N–H and O–H groups in total. The van der Waals surface area contributed by atoms with Gasteiger partial charge >= 0.3 is 0 Å². The van der Waals surface area contributed by atoms with Crippen molar-refractivity contribution < 1.29 is 4.79 Å². The Balaban J connectivity index is 3.14. The maximum atomic E-state index is 10.9. The van der Waals surface area contributed by atoms with Crippen LogP contribution in [0.25, 0.3) is 5.57 Å². The van der Waals surface area contributed by atoms with Crippen LogP contribution in [-0.4, -0.2) is 25.3 Å². The first-order valence-electron chi connectivity index (χ1n) is 4.33. The molecule has 0 aromatic heterocycles. The Morgan fingerprint density at radius 3 is 2.40 bits per heavy atom. The number of carbonyl (C=O) groups is 1. The minimum Gasteiger partial charge on any atom is -0.383 e. The zero-order valence-corrected chi connectivity index (χ0v) is 10.0. The summed E-state index contributed by atoms with van der Waals surface area (Å²) in [5.41, 5.74) is 1.33. The highest BCUT2D eigenvalue weighted by molar-refractivity contribution is 6.42. The van der Waals surface area contributed by atoms with Gasteiger partial charge in [0, 0.05) is 25.9 Å². The van der Waals surface area contributed by atoms with E-state index in [2.05, 4.69) is 0 Å². The maximum absolute atomic E-state index is 10.9. The van der Waals surface area contributed by atoms with E-state index in [9.17, 15) is 4.79 Å². The quantitative estimate of drug-likeness (QED) is 0.601. The number of allylic oxidation sites excluding steroid dienone is 1. The Morgan fingerprint density at radius 1 is 1.27 bits per heavy atom. The zero-order valence-electron chi connectivity index (χ0n) is 8.50. The second-order valence-electron chi connectivity index (χ2n) is 3.29. The van der Waals surface area contributed by atoms with E-state index in [0.717, 1.165) is 11.8 Å². The minimum absolute atomic E-state index is 0.445. The first kappa shape index (κ1) is 12.1. The van der Waals surface area contributed by atoms with Crippen LogP contribution in [-0.2, 0) is 4.79 Å². The van der Waals surface area contributed by atoms with Gasteiger partial charge in [0.1, 0.15) is 0 Å². The predicted octanol–water partition coefficient (Wildman–Crippen LogP) is 3.09. The number of rotatable bonds is 3. The third-order valence-corrected chi connectivity index (χ3v) is 2.52. The highest BCUT2D eigenvalue weighted by Gasteiger charge is 2.04. The minimum atomic E-state index is 0.445. The molecule has 0 bridgehead atoms. The first-order chi connectivity index (χ1) is 7.04. The van der Waals surface area contributed by atoms with Crippen molar-refractivity contribution in [1.82, 2.24) is 4.90 Å². The molecule has 0 unspecified atom stereocenters. The van der Waals surface area contributed by atoms with Crippen molar-refractivity contribution in [3.05, 3.63) is 40.0 Å². The summed E-state index contributed by atoms with van der Waals surface area (Å²) in [7, 11) is 3.70. The first-order valence-corrected chi connectivity index (χ1v) is 5.09. The molecule has 2 nitrogen and oxygen atoms in total. The lowest BCUT2D eigenvalue weighted by Gasteiger charge is -2.08. The van der Waals surface area contributed by atoms with Crippen LogP contribution in [0.15, 0.2) is 24.4 Å². The fraction of sp³-hybridized carbons (Fsp3) is 0.182. The summed E-state index contributed by atoms with van der Waals surface area (Å²) in [5.74, 6) is 0. The van der Waals surface area contributed by atoms with E-state index in [4.69, 9.17) is 23.2 Å². The largest absolute Gasteiger partial charge is 0.383 e. The second-order valence-corrected chi connectivity index (χ2v) is 4.11. The Bertz CT molecular complexity index is 400. The van der Waals surface area contributed by atoms with Gasteiger partial charge in [-0.15, -0.1) is 0 Å². The fourth-order valence-electron chi connectivity index (χ4n) is 1.13. The van der Waals surface area contributed by atoms with E-state index in [0.29, 0.717) is 15.6 Å². The smallest absolute Gasteiger partial charge is 0.152 e. The molecule has 15 heavy (non-hydrogen) atoms. The van der Waals surface area contributed by atoms with Gasteiger partial charge in [0.25, 0.3) is 0 Å². The van der Waals surface area contributed by atoms with Crippen LogP contribution in [0, 0.1) is 0 Å². The zero-order chi connectivity index (χ0) is 11.4. The summed E-state index contributed by atoms with van der Waals surface area (Å²) in [6, 6.07) is 5.11. The molecule has 0 aliphatic rings. The van der Waals surface area contributed by atoms with Gasteiger partial charge in [0.15, 0.2) is 6.29 Å². The average Bonchev–Trinajstić information content (AvgIpc) is 2.18. The van der Waals surface area contributed by atoms with Crippen LogP contribution in [0.5, 0.6) is 0 Å². The number of benzene rings is 1. The topological polar surface area (TPSA) is 20.3 Å². The monoisotopic (exact) mass is 243 g/mol. The van der Waals surface area contributed by atoms with E-state index in [1.807, 2.05) is 14.1 Å². The van der Waals surface area contributed by atoms with E-state index < -0.39 is 0 Å². The molecule has 0 amide bonds. The second kappa shape index (κ2) is 5.19. The highest BCUT2D eigenvalue weighted by atomic mass is 35.5. The Kier molecular flexibility index (Phi) is 4.18. The summed E-state index contributed by atoms with van der Waals surface area (Å²) >= 11 is 11.6. The van der Waals surface area contributed by atoms with Crippen molar-refractivity contribution in [2.24, 2.45) is 0 Å². The van der Waals surface area contributed by atoms with Crippen LogP contribution in [0.2, 0.25) is 10.0 Å². The lowest BCUT2D eigenvalue weighted by molar-refractivity contribution is -0.103. The average molecular weight is 244 g/mol. The molecule has 0 atom stereocenters. The van der Waals surface area contributed by atoms with Crippen molar-refractivity contribution in [2.75, 3.05) is 14.1 Å². The number of aldehydes is 1. The molecular weight excluding hydrogens is 233 g/mol. The van der Waals surface area contributed by atoms with E-state index in [-0.39, 0.29) is 0 Å². The summed E-state index contributed by atoms with van der Waals surface area (Å²) in [4.78, 5) is 12.7. The van der Waals surface area contributed by atoms with Crippen molar-refractivity contribution in [3.63, 3.8) is 0 Å². The number of hydrogen-bond acceptors (Lipinski definition) is 2. The summed E-state index contributed by atoms with van der Waals surface area (Å²) in [6.45, 7) is 0. The molecule has 0 spiro atoms. The molecule has 4 heteroatoms. The van der Waals surface area contributed by atoms with Gasteiger partial charge < -0.3 is 4.90 Å². The maximum Gasteiger partial charge on any atom is 0.152 e. The van der Waals surface area contributed by atoms with Crippen LogP contribution < -0.4 is 0 Å². The van der Waals surface area contributed by atoms with Gasteiger partial charge in [0.05, 0.1) is 10.0 Å². The SMILES string of the molecule is CN(C)C=C(C=O)c1ccc(Cl)c(Cl)c1. The van der Waals surface area contributed by atoms with Crippen LogP contribution in [0.4, 0.5) is 0 Å². The van der Waals surface area contributed by atoms with Gasteiger partial charge in [-0.25, -0.2) is 0 Å². The molecule has 1 aromatic rings. The van der Waals surface area contributed by atoms with E-state index in [1.165, 1.54) is 0 Å². The molecule has 1 rings (SSSR count). The van der Waals surface area contributed by atoms with Gasteiger partial charge in [-0.05, 0) is 17.7 Å². The molecular formula is C11H11Cl2NO. The molecule has 0 saturated heterocycles. The van der Waals surface area contributed by atoms with Crippen LogP contribution in [0.1, 0.15) is 5.56 Å². The third-order valence-electron chi connectivity index (χ3n) is 1.78. The van der Waals surface area contributed by atoms with Crippen LogP contribution >= 0.6 is 23.2 Å². The van der Waals surface area contributed by atoms with Gasteiger partial charge in [-0.1, -0.05) is 29.3 Å². The number of nitrogens with zero attached hydrogens (tertiary/aromatic N) is 1. The third kappa shape index (κ3) is 3.26. The van der Waals surface area contributed by atoms with E-state index >= 15 is 0 Å². The van der Waals surface area contributed by atoms with Gasteiger partial charge in [0.2, 0.25) is 0 Å². The molecule has 80 valence electrons. The van der Waals surface area contributed by atoms with Crippen molar-refractivity contribution in [3.8, 4) is 0 Å². The fourth-order valence-corrected chi connectivity index (χ4v) is 1.42. The van der Waals surface area contributed by atoms with Crippen molar-refractivity contribution in [2.45, 2.75) is 0 Å². The number of halogens is 2. The molecule has 0 heterocycles. The predicted molar refractivity (Wildman–Crippen MR) is 64.2 cm³/mol. The Morgan fingerprint density at radius 2 is 1.93 bits per heavy atom. The molecule has 1 aromatic carbocycles. The molecule has 0 fully saturated rings. The van der Waals surface area contributed by atoms with E-state index in [1.54, 1.807) is 29.3 Å². The normalized spacial score (nSPS) is 11.3. The summed E-state index contributed by atoms with van der Waals surface area (Å²) in [6.07, 6.45) is 2.52. The highest BCUT2D eigenvalue weighted by Crippen LogP contribution is 2.25.